The third kappa shape index (κ3) is 2.87. The van der Waals surface area contributed by atoms with E-state index in [1.54, 1.807) is 6.26 Å². The predicted molar refractivity (Wildman–Crippen MR) is 73.4 cm³/mol. The van der Waals surface area contributed by atoms with E-state index >= 15 is 0 Å². The molecule has 1 aliphatic rings. The minimum absolute atomic E-state index is 0.202. The number of fused-ring (bicyclic) bond motifs is 1. The Labute approximate surface area is 105 Å². The van der Waals surface area contributed by atoms with Gasteiger partial charge in [0.05, 0.1) is 0 Å². The van der Waals surface area contributed by atoms with Crippen LogP contribution in [0.2, 0.25) is 0 Å². The molecule has 1 aromatic rings. The van der Waals surface area contributed by atoms with Crippen LogP contribution >= 0.6 is 0 Å². The van der Waals surface area contributed by atoms with Crippen LogP contribution in [0.4, 0.5) is 5.69 Å². The SMILES string of the molecule is CC(CNC1CCc2cc(N)ccc21)S(C)=O. The van der Waals surface area contributed by atoms with Gasteiger partial charge in [0.25, 0.3) is 0 Å². The molecule has 94 valence electrons. The summed E-state index contributed by atoms with van der Waals surface area (Å²) in [7, 11) is -0.754. The van der Waals surface area contributed by atoms with Crippen LogP contribution in [0.15, 0.2) is 18.2 Å². The summed E-state index contributed by atoms with van der Waals surface area (Å²) in [6.07, 6.45) is 3.96. The maximum atomic E-state index is 11.3. The van der Waals surface area contributed by atoms with Crippen LogP contribution in [0.1, 0.15) is 30.5 Å². The normalized spacial score (nSPS) is 22.1. The quantitative estimate of drug-likeness (QED) is 0.801. The summed E-state index contributed by atoms with van der Waals surface area (Å²) < 4.78 is 11.3. The van der Waals surface area contributed by atoms with Crippen LogP contribution in [-0.2, 0) is 17.2 Å². The van der Waals surface area contributed by atoms with Crippen molar-refractivity contribution in [3.63, 3.8) is 0 Å². The standard InChI is InChI=1S/C13H20N2OS/c1-9(17(2)16)8-15-13-6-3-10-7-11(14)4-5-12(10)13/h4-5,7,9,13,15H,3,6,8,14H2,1-2H3. The van der Waals surface area contributed by atoms with Crippen LogP contribution in [0.3, 0.4) is 0 Å². The van der Waals surface area contributed by atoms with Crippen LogP contribution in [-0.4, -0.2) is 22.3 Å². The minimum Gasteiger partial charge on any atom is -0.399 e. The number of aryl methyl sites for hydroxylation is 1. The average molecular weight is 252 g/mol. The Morgan fingerprint density at radius 3 is 3.06 bits per heavy atom. The van der Waals surface area contributed by atoms with Crippen LogP contribution < -0.4 is 11.1 Å². The molecule has 0 fully saturated rings. The van der Waals surface area contributed by atoms with Gasteiger partial charge in [-0.15, -0.1) is 0 Å². The number of nitrogen functional groups attached to an aromatic ring is 1. The van der Waals surface area contributed by atoms with Gasteiger partial charge < -0.3 is 11.1 Å². The molecule has 0 saturated carbocycles. The zero-order chi connectivity index (χ0) is 12.4. The lowest BCUT2D eigenvalue weighted by Gasteiger charge is -2.16. The zero-order valence-electron chi connectivity index (χ0n) is 10.4. The van der Waals surface area contributed by atoms with Crippen molar-refractivity contribution in [1.82, 2.24) is 5.32 Å². The maximum absolute atomic E-state index is 11.3. The van der Waals surface area contributed by atoms with Crippen molar-refractivity contribution in [1.29, 1.82) is 0 Å². The highest BCUT2D eigenvalue weighted by molar-refractivity contribution is 7.84. The highest BCUT2D eigenvalue weighted by atomic mass is 32.2. The molecule has 17 heavy (non-hydrogen) atoms. The van der Waals surface area contributed by atoms with Gasteiger partial charge in [-0.1, -0.05) is 6.07 Å². The van der Waals surface area contributed by atoms with Crippen LogP contribution in [0.25, 0.3) is 0 Å². The third-order valence-electron chi connectivity index (χ3n) is 3.46. The van der Waals surface area contributed by atoms with E-state index in [9.17, 15) is 4.21 Å². The van der Waals surface area contributed by atoms with Crippen LogP contribution in [0, 0.1) is 0 Å². The number of nitrogens with two attached hydrogens (primary N) is 1. The molecule has 0 aromatic heterocycles. The van der Waals surface area contributed by atoms with Crippen molar-refractivity contribution < 1.29 is 4.21 Å². The van der Waals surface area contributed by atoms with Gasteiger partial charge in [-0.3, -0.25) is 4.21 Å². The van der Waals surface area contributed by atoms with E-state index in [2.05, 4.69) is 17.4 Å². The molecular weight excluding hydrogens is 232 g/mol. The molecule has 0 radical (unpaired) electrons. The molecule has 2 rings (SSSR count). The highest BCUT2D eigenvalue weighted by Gasteiger charge is 2.22. The topological polar surface area (TPSA) is 55.1 Å². The van der Waals surface area contributed by atoms with E-state index in [4.69, 9.17) is 5.73 Å². The zero-order valence-corrected chi connectivity index (χ0v) is 11.2. The second-order valence-electron chi connectivity index (χ2n) is 4.77. The smallest absolute Gasteiger partial charge is 0.0441 e. The van der Waals surface area contributed by atoms with Gasteiger partial charge in [0.1, 0.15) is 0 Å². The number of anilines is 1. The first-order valence-electron chi connectivity index (χ1n) is 6.02. The lowest BCUT2D eigenvalue weighted by Crippen LogP contribution is -2.30. The molecule has 0 spiro atoms. The molecule has 0 heterocycles. The minimum atomic E-state index is -0.754. The van der Waals surface area contributed by atoms with Gasteiger partial charge in [-0.05, 0) is 43.0 Å². The molecule has 3 nitrogen and oxygen atoms in total. The number of nitrogens with one attached hydrogen (secondary N) is 1. The number of hydrogen-bond donors (Lipinski definition) is 2. The molecule has 3 N–H and O–H groups in total. The van der Waals surface area contributed by atoms with Crippen molar-refractivity contribution in [2.75, 3.05) is 18.5 Å². The lowest BCUT2D eigenvalue weighted by atomic mass is 10.1. The fraction of sp³-hybridized carbons (Fsp3) is 0.538. The predicted octanol–water partition coefficient (Wildman–Crippen LogP) is 1.61. The molecule has 0 amide bonds. The Hall–Kier alpha value is -0.870. The summed E-state index contributed by atoms with van der Waals surface area (Å²) in [6, 6.07) is 6.54. The third-order valence-corrected chi connectivity index (χ3v) is 4.76. The van der Waals surface area contributed by atoms with E-state index in [0.717, 1.165) is 25.1 Å². The second-order valence-corrected chi connectivity index (χ2v) is 6.57. The lowest BCUT2D eigenvalue weighted by molar-refractivity contribution is 0.529. The summed E-state index contributed by atoms with van der Waals surface area (Å²) >= 11 is 0. The van der Waals surface area contributed by atoms with E-state index in [1.165, 1.54) is 11.1 Å². The molecule has 3 unspecified atom stereocenters. The van der Waals surface area contributed by atoms with Crippen molar-refractivity contribution in [2.45, 2.75) is 31.1 Å². The summed E-state index contributed by atoms with van der Waals surface area (Å²) in [6.45, 7) is 2.82. The first-order valence-corrected chi connectivity index (χ1v) is 7.64. The number of hydrogen-bond acceptors (Lipinski definition) is 3. The maximum Gasteiger partial charge on any atom is 0.0441 e. The van der Waals surface area contributed by atoms with E-state index < -0.39 is 10.8 Å². The monoisotopic (exact) mass is 252 g/mol. The van der Waals surface area contributed by atoms with Crippen LogP contribution in [0.5, 0.6) is 0 Å². The Balaban J connectivity index is 2.00. The second kappa shape index (κ2) is 5.19. The Morgan fingerprint density at radius 1 is 1.59 bits per heavy atom. The van der Waals surface area contributed by atoms with E-state index in [-0.39, 0.29) is 5.25 Å². The van der Waals surface area contributed by atoms with E-state index in [0.29, 0.717) is 6.04 Å². The summed E-state index contributed by atoms with van der Waals surface area (Å²) in [5.74, 6) is 0. The molecule has 1 aliphatic carbocycles. The van der Waals surface area contributed by atoms with Gasteiger partial charge in [-0.2, -0.15) is 0 Å². The van der Waals surface area contributed by atoms with Crippen molar-refractivity contribution in [3.05, 3.63) is 29.3 Å². The fourth-order valence-electron chi connectivity index (χ4n) is 2.28. The Kier molecular flexibility index (Phi) is 3.84. The highest BCUT2D eigenvalue weighted by Crippen LogP contribution is 2.32. The average Bonchev–Trinajstić information content (AvgIpc) is 2.67. The van der Waals surface area contributed by atoms with Gasteiger partial charge >= 0.3 is 0 Å². The summed E-state index contributed by atoms with van der Waals surface area (Å²) in [5.41, 5.74) is 9.33. The number of benzene rings is 1. The summed E-state index contributed by atoms with van der Waals surface area (Å²) in [5, 5.41) is 3.71. The largest absolute Gasteiger partial charge is 0.399 e. The molecule has 3 atom stereocenters. The first kappa shape index (κ1) is 12.6. The van der Waals surface area contributed by atoms with Gasteiger partial charge in [0.2, 0.25) is 0 Å². The molecular formula is C13H20N2OS. The number of rotatable bonds is 4. The Morgan fingerprint density at radius 2 is 2.35 bits per heavy atom. The Bertz CT molecular complexity index is 433. The van der Waals surface area contributed by atoms with Gasteiger partial charge in [0, 0.05) is 40.6 Å². The molecule has 0 aliphatic heterocycles. The summed E-state index contributed by atoms with van der Waals surface area (Å²) in [4.78, 5) is 0. The molecule has 0 bridgehead atoms. The van der Waals surface area contributed by atoms with Gasteiger partial charge in [-0.25, -0.2) is 0 Å². The van der Waals surface area contributed by atoms with Crippen molar-refractivity contribution >= 4 is 16.5 Å². The van der Waals surface area contributed by atoms with Crippen molar-refractivity contribution in [2.24, 2.45) is 0 Å². The first-order chi connectivity index (χ1) is 8.08. The van der Waals surface area contributed by atoms with Gasteiger partial charge in [0.15, 0.2) is 0 Å². The van der Waals surface area contributed by atoms with E-state index in [1.807, 2.05) is 13.0 Å². The molecule has 0 saturated heterocycles. The molecule has 1 aromatic carbocycles. The van der Waals surface area contributed by atoms with Crippen molar-refractivity contribution in [3.8, 4) is 0 Å². The molecule has 4 heteroatoms. The fourth-order valence-corrected chi connectivity index (χ4v) is 2.61.